The maximum absolute atomic E-state index is 11.8. The smallest absolute Gasteiger partial charge is 0.412 e. The minimum Gasteiger partial charge on any atom is -0.477 e. The molecule has 2 N–H and O–H groups in total. The summed E-state index contributed by atoms with van der Waals surface area (Å²) in [6, 6.07) is 6.64. The Morgan fingerprint density at radius 2 is 2.00 bits per heavy atom. The van der Waals surface area contributed by atoms with Crippen molar-refractivity contribution in [1.82, 2.24) is 4.98 Å². The molecule has 0 aliphatic rings. The predicted molar refractivity (Wildman–Crippen MR) is 78.6 cm³/mol. The number of nitrogens with one attached hydrogen (secondary N) is 1. The molecule has 1 amide bonds. The minimum atomic E-state index is -1.09. The van der Waals surface area contributed by atoms with Gasteiger partial charge in [0.25, 0.3) is 0 Å². The Balaban J connectivity index is 2.33. The maximum Gasteiger partial charge on any atom is 0.412 e. The second-order valence-electron chi connectivity index (χ2n) is 5.53. The molecule has 0 atom stereocenters. The van der Waals surface area contributed by atoms with Crippen LogP contribution in [-0.4, -0.2) is 27.8 Å². The highest BCUT2D eigenvalue weighted by atomic mass is 16.6. The van der Waals surface area contributed by atoms with E-state index < -0.39 is 17.7 Å². The monoisotopic (exact) mass is 288 g/mol. The van der Waals surface area contributed by atoms with E-state index in [2.05, 4.69) is 10.3 Å². The lowest BCUT2D eigenvalue weighted by Gasteiger charge is -2.20. The molecule has 0 aliphatic heterocycles. The number of benzene rings is 1. The van der Waals surface area contributed by atoms with Crippen molar-refractivity contribution in [3.63, 3.8) is 0 Å². The molecule has 1 heterocycles. The largest absolute Gasteiger partial charge is 0.477 e. The summed E-state index contributed by atoms with van der Waals surface area (Å²) in [5.41, 5.74) is -0.119. The fraction of sp³-hybridized carbons (Fsp3) is 0.267. The fourth-order valence-electron chi connectivity index (χ4n) is 1.81. The van der Waals surface area contributed by atoms with Crippen LogP contribution < -0.4 is 5.32 Å². The van der Waals surface area contributed by atoms with Crippen molar-refractivity contribution in [2.24, 2.45) is 0 Å². The van der Waals surface area contributed by atoms with Gasteiger partial charge in [-0.15, -0.1) is 0 Å². The number of carbonyl (C=O) groups excluding carboxylic acids is 1. The van der Waals surface area contributed by atoms with Crippen molar-refractivity contribution < 1.29 is 19.4 Å². The third-order valence-electron chi connectivity index (χ3n) is 2.62. The Labute approximate surface area is 121 Å². The highest BCUT2D eigenvalue weighted by Gasteiger charge is 2.17. The number of nitrogens with zero attached hydrogens (tertiary/aromatic N) is 1. The zero-order chi connectivity index (χ0) is 15.6. The Bertz CT molecular complexity index is 704. The molecule has 1 aromatic carbocycles. The van der Waals surface area contributed by atoms with Gasteiger partial charge in [-0.1, -0.05) is 12.1 Å². The van der Waals surface area contributed by atoms with E-state index in [-0.39, 0.29) is 5.69 Å². The van der Waals surface area contributed by atoms with E-state index in [1.807, 2.05) is 0 Å². The van der Waals surface area contributed by atoms with E-state index in [4.69, 9.17) is 9.84 Å². The number of carboxylic acids is 1. The molecule has 0 spiro atoms. The van der Waals surface area contributed by atoms with E-state index in [9.17, 15) is 9.59 Å². The second-order valence-corrected chi connectivity index (χ2v) is 5.53. The number of hydrogen-bond acceptors (Lipinski definition) is 4. The summed E-state index contributed by atoms with van der Waals surface area (Å²) in [5.74, 6) is -1.09. The number of ether oxygens (including phenoxy) is 1. The number of fused-ring (bicyclic) bond motifs is 1. The van der Waals surface area contributed by atoms with E-state index >= 15 is 0 Å². The van der Waals surface area contributed by atoms with Crippen LogP contribution in [0.25, 0.3) is 10.8 Å². The predicted octanol–water partition coefficient (Wildman–Crippen LogP) is 3.28. The van der Waals surface area contributed by atoms with Gasteiger partial charge < -0.3 is 9.84 Å². The third kappa shape index (κ3) is 3.68. The van der Waals surface area contributed by atoms with Gasteiger partial charge in [-0.3, -0.25) is 5.32 Å². The number of carbonyl (C=O) groups is 2. The normalized spacial score (nSPS) is 11.2. The van der Waals surface area contributed by atoms with Crippen LogP contribution in [0.2, 0.25) is 0 Å². The fourth-order valence-corrected chi connectivity index (χ4v) is 1.81. The summed E-state index contributed by atoms with van der Waals surface area (Å²) in [7, 11) is 0. The Kier molecular flexibility index (Phi) is 3.80. The zero-order valence-corrected chi connectivity index (χ0v) is 12.0. The topological polar surface area (TPSA) is 88.5 Å². The summed E-state index contributed by atoms with van der Waals surface area (Å²) in [4.78, 5) is 26.6. The molecule has 0 bridgehead atoms. The summed E-state index contributed by atoms with van der Waals surface area (Å²) in [6.07, 6.45) is 0.850. The summed E-state index contributed by atoms with van der Waals surface area (Å²) < 4.78 is 5.19. The Morgan fingerprint density at radius 1 is 1.29 bits per heavy atom. The first kappa shape index (κ1) is 14.8. The number of carboxylic acid groups (broad SMARTS) is 1. The number of rotatable bonds is 2. The molecular formula is C15H16N2O4. The second kappa shape index (κ2) is 5.40. The molecule has 0 saturated heterocycles. The number of hydrogen-bond donors (Lipinski definition) is 2. The van der Waals surface area contributed by atoms with Crippen molar-refractivity contribution in [1.29, 1.82) is 0 Å². The molecule has 2 aromatic rings. The molecule has 0 aliphatic carbocycles. The van der Waals surface area contributed by atoms with Crippen LogP contribution in [0, 0.1) is 0 Å². The van der Waals surface area contributed by atoms with Crippen molar-refractivity contribution in [3.05, 3.63) is 36.2 Å². The van der Waals surface area contributed by atoms with E-state index in [1.165, 1.54) is 12.3 Å². The van der Waals surface area contributed by atoms with Crippen LogP contribution in [0.5, 0.6) is 0 Å². The average Bonchev–Trinajstić information content (AvgIpc) is 2.36. The molecule has 0 radical (unpaired) electrons. The van der Waals surface area contributed by atoms with Gasteiger partial charge in [0.2, 0.25) is 0 Å². The number of aromatic nitrogens is 1. The van der Waals surface area contributed by atoms with Gasteiger partial charge in [0, 0.05) is 11.6 Å². The van der Waals surface area contributed by atoms with Gasteiger partial charge in [-0.05, 0) is 38.3 Å². The molecule has 0 fully saturated rings. The molecule has 6 nitrogen and oxygen atoms in total. The number of pyridine rings is 1. The Morgan fingerprint density at radius 3 is 2.62 bits per heavy atom. The van der Waals surface area contributed by atoms with Crippen LogP contribution in [0.3, 0.4) is 0 Å². The van der Waals surface area contributed by atoms with Gasteiger partial charge in [-0.2, -0.15) is 0 Å². The molecule has 0 saturated carbocycles. The molecule has 2 rings (SSSR count). The molecule has 21 heavy (non-hydrogen) atoms. The molecule has 110 valence electrons. The standard InChI is InChI=1S/C15H16N2O4/c1-15(2,3)21-14(20)17-11-6-4-5-9-7-12(13(18)19)16-8-10(9)11/h4-8H,1-3H3,(H,17,20)(H,18,19). The zero-order valence-electron chi connectivity index (χ0n) is 12.0. The van der Waals surface area contributed by atoms with Gasteiger partial charge in [0.1, 0.15) is 11.3 Å². The summed E-state index contributed by atoms with van der Waals surface area (Å²) in [6.45, 7) is 5.32. The first-order chi connectivity index (χ1) is 9.76. The molecular weight excluding hydrogens is 272 g/mol. The van der Waals surface area contributed by atoms with Crippen LogP contribution >= 0.6 is 0 Å². The summed E-state index contributed by atoms with van der Waals surface area (Å²) in [5, 5.41) is 12.9. The molecule has 6 heteroatoms. The lowest BCUT2D eigenvalue weighted by molar-refractivity contribution is 0.0634. The maximum atomic E-state index is 11.8. The number of aromatic carboxylic acids is 1. The lowest BCUT2D eigenvalue weighted by Crippen LogP contribution is -2.27. The van der Waals surface area contributed by atoms with Crippen LogP contribution in [0.1, 0.15) is 31.3 Å². The molecule has 1 aromatic heterocycles. The SMILES string of the molecule is CC(C)(C)OC(=O)Nc1cccc2cc(C(=O)O)ncc12. The minimum absolute atomic E-state index is 0.0445. The van der Waals surface area contributed by atoms with Gasteiger partial charge in [-0.25, -0.2) is 14.6 Å². The lowest BCUT2D eigenvalue weighted by atomic mass is 10.1. The van der Waals surface area contributed by atoms with Crippen molar-refractivity contribution in [3.8, 4) is 0 Å². The van der Waals surface area contributed by atoms with Gasteiger partial charge in [0.05, 0.1) is 5.69 Å². The van der Waals surface area contributed by atoms with E-state index in [1.54, 1.807) is 39.0 Å². The van der Waals surface area contributed by atoms with Crippen LogP contribution in [-0.2, 0) is 4.74 Å². The molecule has 0 unspecified atom stereocenters. The number of anilines is 1. The van der Waals surface area contributed by atoms with Gasteiger partial charge in [0.15, 0.2) is 0 Å². The van der Waals surface area contributed by atoms with Gasteiger partial charge >= 0.3 is 12.1 Å². The Hall–Kier alpha value is -2.63. The average molecular weight is 288 g/mol. The highest BCUT2D eigenvalue weighted by Crippen LogP contribution is 2.24. The quantitative estimate of drug-likeness (QED) is 0.885. The van der Waals surface area contributed by atoms with Crippen molar-refractivity contribution >= 4 is 28.5 Å². The van der Waals surface area contributed by atoms with Crippen molar-refractivity contribution in [2.45, 2.75) is 26.4 Å². The van der Waals surface area contributed by atoms with E-state index in [0.29, 0.717) is 16.5 Å². The van der Waals surface area contributed by atoms with E-state index in [0.717, 1.165) is 0 Å². The first-order valence-corrected chi connectivity index (χ1v) is 6.38. The number of amides is 1. The highest BCUT2D eigenvalue weighted by molar-refractivity contribution is 6.01. The van der Waals surface area contributed by atoms with Crippen molar-refractivity contribution in [2.75, 3.05) is 5.32 Å². The van der Waals surface area contributed by atoms with Crippen LogP contribution in [0.15, 0.2) is 30.5 Å². The van der Waals surface area contributed by atoms with Crippen LogP contribution in [0.4, 0.5) is 10.5 Å². The third-order valence-corrected chi connectivity index (χ3v) is 2.62. The first-order valence-electron chi connectivity index (χ1n) is 6.38. The summed E-state index contributed by atoms with van der Waals surface area (Å²) >= 11 is 0.